The Hall–Kier alpha value is -6.32. The molecule has 7 amide bonds. The van der Waals surface area contributed by atoms with Crippen molar-refractivity contribution in [3.05, 3.63) is 29.8 Å². The first-order valence-corrected chi connectivity index (χ1v) is 29.4. The van der Waals surface area contributed by atoms with Crippen LogP contribution in [0.4, 0.5) is 4.79 Å². The van der Waals surface area contributed by atoms with E-state index in [-0.39, 0.29) is 63.6 Å². The van der Waals surface area contributed by atoms with E-state index in [1.54, 1.807) is 72.7 Å². The standard InChI is InChI=1S/C60H93N7O15/c1-16-36(8)47-45(68)32-46(69)81-50(35(6)7)49(70)37(9)51(71)61-41(29-33(2)3)54(74)65-26-17-19-42(65)55(75)64(14)44(31-39-20-22-40(79-15)23-21-39)56(76)80-38(10)48(53(73)62-47)63-52(72)43(30-34(4)5)66-28-25-60(57(66)77)24-18-27-67(60)58(78)82-59(11,12)13/h20-23,33-38,41-45,47-48,50,68H,16-19,24-32H2,1-15H3,(H,61,71)(H,62,73)(H,63,72)/t36-,37-,38-,41+,42-,43+,44-,45+,47-,48-,50+,60+/m0/s1. The van der Waals surface area contributed by atoms with Crippen LogP contribution in [0.2, 0.25) is 0 Å². The highest BCUT2D eigenvalue weighted by molar-refractivity contribution is 6.05. The Balaban J connectivity index is 1.62. The van der Waals surface area contributed by atoms with Crippen LogP contribution in [0.25, 0.3) is 0 Å². The summed E-state index contributed by atoms with van der Waals surface area (Å²) in [6.45, 7) is 22.6. The first-order chi connectivity index (χ1) is 38.3. The molecule has 82 heavy (non-hydrogen) atoms. The maximum absolute atomic E-state index is 15.1. The van der Waals surface area contributed by atoms with Gasteiger partial charge in [0.1, 0.15) is 53.2 Å². The van der Waals surface area contributed by atoms with E-state index in [0.29, 0.717) is 37.0 Å². The van der Waals surface area contributed by atoms with Crippen molar-refractivity contribution in [2.45, 2.75) is 220 Å². The Bertz CT molecular complexity index is 2480. The van der Waals surface area contributed by atoms with Gasteiger partial charge >= 0.3 is 18.0 Å². The molecule has 458 valence electrons. The van der Waals surface area contributed by atoms with E-state index in [2.05, 4.69) is 16.0 Å². The first-order valence-electron chi connectivity index (χ1n) is 29.4. The Morgan fingerprint density at radius 3 is 2.10 bits per heavy atom. The monoisotopic (exact) mass is 1150 g/mol. The van der Waals surface area contributed by atoms with E-state index in [4.69, 9.17) is 18.9 Å². The molecule has 4 heterocycles. The van der Waals surface area contributed by atoms with Gasteiger partial charge in [0.2, 0.25) is 35.4 Å². The molecule has 4 saturated heterocycles. The highest BCUT2D eigenvalue weighted by atomic mass is 16.6. The van der Waals surface area contributed by atoms with Gasteiger partial charge in [-0.15, -0.1) is 0 Å². The summed E-state index contributed by atoms with van der Waals surface area (Å²) in [5.41, 5.74) is -1.54. The molecule has 0 saturated carbocycles. The molecule has 1 aromatic rings. The number of likely N-dealkylation sites (N-methyl/N-ethyl adjacent to an activating group) is 1. The second-order valence-corrected chi connectivity index (χ2v) is 25.2. The Labute approximate surface area is 484 Å². The number of nitrogens with zero attached hydrogens (tertiary/aromatic N) is 4. The molecular weight excluding hydrogens is 1060 g/mol. The minimum absolute atomic E-state index is 0.0908. The zero-order valence-electron chi connectivity index (χ0n) is 51.0. The number of esters is 2. The van der Waals surface area contributed by atoms with Crippen LogP contribution in [0.1, 0.15) is 153 Å². The smallest absolute Gasteiger partial charge is 0.411 e. The zero-order chi connectivity index (χ0) is 61.3. The third-order valence-corrected chi connectivity index (χ3v) is 16.4. The lowest BCUT2D eigenvalue weighted by molar-refractivity contribution is -0.163. The maximum Gasteiger partial charge on any atom is 0.411 e. The van der Waals surface area contributed by atoms with E-state index in [1.807, 2.05) is 27.7 Å². The number of fused-ring (bicyclic) bond motifs is 1. The number of likely N-dealkylation sites (tertiary alicyclic amines) is 2. The number of amides is 7. The van der Waals surface area contributed by atoms with Crippen molar-refractivity contribution in [3.63, 3.8) is 0 Å². The molecular formula is C60H93N7O15. The number of rotatable bonds is 13. The topological polar surface area (TPSA) is 277 Å². The van der Waals surface area contributed by atoms with Gasteiger partial charge in [-0.25, -0.2) is 9.59 Å². The molecule has 0 aromatic heterocycles. The van der Waals surface area contributed by atoms with E-state index in [0.717, 1.165) is 0 Å². The maximum atomic E-state index is 15.1. The molecule has 4 fully saturated rings. The van der Waals surface area contributed by atoms with Gasteiger partial charge in [0.25, 0.3) is 0 Å². The third kappa shape index (κ3) is 16.1. The molecule has 0 unspecified atom stereocenters. The fourth-order valence-corrected chi connectivity index (χ4v) is 11.6. The van der Waals surface area contributed by atoms with E-state index >= 15 is 14.4 Å². The van der Waals surface area contributed by atoms with E-state index in [9.17, 15) is 38.7 Å². The number of benzene rings is 1. The third-order valence-electron chi connectivity index (χ3n) is 16.4. The van der Waals surface area contributed by atoms with E-state index in [1.165, 1.54) is 47.6 Å². The molecule has 0 aliphatic carbocycles. The van der Waals surface area contributed by atoms with Crippen molar-refractivity contribution in [1.29, 1.82) is 0 Å². The predicted molar refractivity (Wildman–Crippen MR) is 302 cm³/mol. The number of carbonyl (C=O) groups excluding carboxylic acids is 10. The normalized spacial score (nSPS) is 28.7. The summed E-state index contributed by atoms with van der Waals surface area (Å²) >= 11 is 0. The van der Waals surface area contributed by atoms with Gasteiger partial charge < -0.3 is 54.7 Å². The number of cyclic esters (lactones) is 2. The molecule has 22 heteroatoms. The van der Waals surface area contributed by atoms with Crippen molar-refractivity contribution in [2.24, 2.45) is 29.6 Å². The zero-order valence-corrected chi connectivity index (χ0v) is 51.0. The summed E-state index contributed by atoms with van der Waals surface area (Å²) in [4.78, 5) is 151. The SMILES string of the molecule is CC[C@H](C)[C@@H]1NC(=O)[C@@H](NC(=O)[C@@H](CC(C)C)N2CC[C@]3(CCCN3C(=O)OC(C)(C)C)C2=O)[C@H](C)OC(=O)[C@H](Cc2ccc(OC)cc2)N(C)C(=O)[C@@H]2CCCN2C(=O)[C@@H](CC(C)C)NC(=O)[C@@H](C)C(=O)[C@@H](C(C)C)OC(=O)C[C@H]1O. The number of nitrogens with one attached hydrogen (secondary N) is 3. The minimum atomic E-state index is -1.74. The molecule has 4 aliphatic heterocycles. The molecule has 0 bridgehead atoms. The number of aliphatic hydroxyl groups excluding tert-OH is 1. The molecule has 4 aliphatic rings. The number of hydrogen-bond donors (Lipinski definition) is 4. The number of ketones is 1. The largest absolute Gasteiger partial charge is 0.497 e. The van der Waals surface area contributed by atoms with Crippen molar-refractivity contribution in [3.8, 4) is 5.75 Å². The van der Waals surface area contributed by atoms with Gasteiger partial charge in [0.05, 0.1) is 31.6 Å². The summed E-state index contributed by atoms with van der Waals surface area (Å²) in [7, 11) is 2.91. The fraction of sp³-hybridized carbons (Fsp3) is 0.733. The van der Waals surface area contributed by atoms with Crippen molar-refractivity contribution in [1.82, 2.24) is 35.6 Å². The van der Waals surface area contributed by atoms with Crippen molar-refractivity contribution < 1.29 is 72.0 Å². The Morgan fingerprint density at radius 2 is 1.51 bits per heavy atom. The van der Waals surface area contributed by atoms with Crippen molar-refractivity contribution in [2.75, 3.05) is 33.8 Å². The highest BCUT2D eigenvalue weighted by Crippen LogP contribution is 2.41. The molecule has 12 atom stereocenters. The summed E-state index contributed by atoms with van der Waals surface area (Å²) in [5, 5.41) is 20.3. The number of Topliss-reactive ketones (excluding diaryl/α,β-unsaturated/α-hetero) is 1. The van der Waals surface area contributed by atoms with Crippen LogP contribution in [-0.4, -0.2) is 183 Å². The lowest BCUT2D eigenvalue weighted by atomic mass is 9.91. The molecule has 5 rings (SSSR count). The van der Waals surface area contributed by atoms with Crippen molar-refractivity contribution >= 4 is 59.3 Å². The summed E-state index contributed by atoms with van der Waals surface area (Å²) < 4.78 is 23.1. The minimum Gasteiger partial charge on any atom is -0.497 e. The number of hydrogen-bond acceptors (Lipinski definition) is 15. The van der Waals surface area contributed by atoms with Crippen LogP contribution in [0.15, 0.2) is 24.3 Å². The predicted octanol–water partition coefficient (Wildman–Crippen LogP) is 4.49. The Kier molecular flexibility index (Phi) is 22.9. The number of carbonyl (C=O) groups is 10. The van der Waals surface area contributed by atoms with Gasteiger partial charge in [0.15, 0.2) is 11.9 Å². The molecule has 1 spiro atoms. The summed E-state index contributed by atoms with van der Waals surface area (Å²) in [6, 6.07) is -1.03. The average Bonchev–Trinajstić information content (AvgIpc) is 4.05. The van der Waals surface area contributed by atoms with Crippen LogP contribution < -0.4 is 20.7 Å². The molecule has 4 N–H and O–H groups in total. The first kappa shape index (κ1) is 66.5. The Morgan fingerprint density at radius 1 is 0.854 bits per heavy atom. The number of methoxy groups -OCH3 is 1. The van der Waals surface area contributed by atoms with Crippen LogP contribution in [0.5, 0.6) is 5.75 Å². The van der Waals surface area contributed by atoms with Gasteiger partial charge in [-0.3, -0.25) is 43.3 Å². The highest BCUT2D eigenvalue weighted by Gasteiger charge is 2.58. The van der Waals surface area contributed by atoms with Gasteiger partial charge in [-0.2, -0.15) is 0 Å². The summed E-state index contributed by atoms with van der Waals surface area (Å²) in [6.07, 6.45) is -3.79. The fourth-order valence-electron chi connectivity index (χ4n) is 11.6. The molecule has 22 nitrogen and oxygen atoms in total. The van der Waals surface area contributed by atoms with Gasteiger partial charge in [-0.1, -0.05) is 73.9 Å². The van der Waals surface area contributed by atoms with Crippen LogP contribution >= 0.6 is 0 Å². The number of ether oxygens (including phenoxy) is 4. The van der Waals surface area contributed by atoms with E-state index < -0.39 is 149 Å². The quantitative estimate of drug-likeness (QED) is 0.120. The average molecular weight is 1150 g/mol. The van der Waals surface area contributed by atoms with Crippen LogP contribution in [0, 0.1) is 29.6 Å². The van der Waals surface area contributed by atoms with Crippen LogP contribution in [-0.2, 0) is 63.8 Å². The van der Waals surface area contributed by atoms with Crippen LogP contribution in [0.3, 0.4) is 0 Å². The van der Waals surface area contributed by atoms with Gasteiger partial charge in [0, 0.05) is 33.1 Å². The lowest BCUT2D eigenvalue weighted by Gasteiger charge is -2.37. The lowest BCUT2D eigenvalue weighted by Crippen LogP contribution is -2.62. The molecule has 0 radical (unpaired) electrons. The van der Waals surface area contributed by atoms with Gasteiger partial charge in [-0.05, 0) is 121 Å². The second kappa shape index (κ2) is 28.3. The summed E-state index contributed by atoms with van der Waals surface area (Å²) in [5.74, 6) is -9.29. The second-order valence-electron chi connectivity index (χ2n) is 25.2. The molecule has 1 aromatic carbocycles. The number of aliphatic hydroxyl groups is 1.